The van der Waals surface area contributed by atoms with Crippen molar-refractivity contribution in [2.75, 3.05) is 0 Å². The molecule has 1 aromatic carbocycles. The fraction of sp³-hybridized carbons (Fsp3) is 0.188. The van der Waals surface area contributed by atoms with Crippen molar-refractivity contribution in [2.24, 2.45) is 0 Å². The lowest BCUT2D eigenvalue weighted by Gasteiger charge is -2.08. The molecule has 0 fully saturated rings. The van der Waals surface area contributed by atoms with Crippen LogP contribution in [0, 0.1) is 0 Å². The van der Waals surface area contributed by atoms with Gasteiger partial charge in [0, 0.05) is 17.8 Å². The van der Waals surface area contributed by atoms with E-state index in [0.29, 0.717) is 0 Å². The van der Waals surface area contributed by atoms with E-state index in [1.165, 1.54) is 10.4 Å². The number of aromatic nitrogens is 2. The Morgan fingerprint density at radius 3 is 2.84 bits per heavy atom. The Bertz CT molecular complexity index is 708. The van der Waals surface area contributed by atoms with Crippen LogP contribution in [0.5, 0.6) is 0 Å². The first-order valence-corrected chi connectivity index (χ1v) is 7.23. The molecule has 2 heterocycles. The number of hydrogen-bond acceptors (Lipinski definition) is 2. The minimum atomic E-state index is 0.835. The molecule has 0 unspecified atom stereocenters. The Balaban J connectivity index is 2.08. The van der Waals surface area contributed by atoms with Crippen LogP contribution in [0.25, 0.3) is 11.0 Å². The lowest BCUT2D eigenvalue weighted by atomic mass is 10.3. The lowest BCUT2D eigenvalue weighted by molar-refractivity contribution is 0.755. The predicted octanol–water partition coefficient (Wildman–Crippen LogP) is 4.26. The number of thiophene rings is 1. The van der Waals surface area contributed by atoms with Crippen molar-refractivity contribution in [3.8, 4) is 0 Å². The second kappa shape index (κ2) is 5.02. The van der Waals surface area contributed by atoms with Gasteiger partial charge < -0.3 is 4.57 Å². The molecule has 0 aliphatic heterocycles. The van der Waals surface area contributed by atoms with Gasteiger partial charge in [0.2, 0.25) is 0 Å². The summed E-state index contributed by atoms with van der Waals surface area (Å²) in [6.45, 7) is 6.92. The van der Waals surface area contributed by atoms with E-state index in [2.05, 4.69) is 53.8 Å². The standard InChI is InChI=1S/C16H16N2S/c1-12(2)11-18-15-8-4-3-7-14(15)17-16(18)10-13-6-5-9-19-13/h3-9H,1,10-11H2,2H3. The number of para-hydroxylation sites is 2. The quantitative estimate of drug-likeness (QED) is 0.646. The summed E-state index contributed by atoms with van der Waals surface area (Å²) >= 11 is 1.78. The third-order valence-corrected chi connectivity index (χ3v) is 3.95. The normalized spacial score (nSPS) is 11.0. The summed E-state index contributed by atoms with van der Waals surface area (Å²) in [5.74, 6) is 1.12. The van der Waals surface area contributed by atoms with Gasteiger partial charge in [-0.15, -0.1) is 11.3 Å². The molecule has 0 atom stereocenters. The van der Waals surface area contributed by atoms with Crippen LogP contribution in [-0.2, 0) is 13.0 Å². The molecular formula is C16H16N2S. The maximum atomic E-state index is 4.77. The van der Waals surface area contributed by atoms with E-state index in [-0.39, 0.29) is 0 Å². The molecule has 0 radical (unpaired) electrons. The van der Waals surface area contributed by atoms with Crippen molar-refractivity contribution in [2.45, 2.75) is 19.9 Å². The van der Waals surface area contributed by atoms with E-state index in [0.717, 1.165) is 29.9 Å². The molecule has 0 aliphatic rings. The molecule has 3 heteroatoms. The van der Waals surface area contributed by atoms with Crippen LogP contribution < -0.4 is 0 Å². The number of benzene rings is 1. The highest BCUT2D eigenvalue weighted by Gasteiger charge is 2.11. The first kappa shape index (κ1) is 12.2. The van der Waals surface area contributed by atoms with Gasteiger partial charge in [0.05, 0.1) is 11.0 Å². The average Bonchev–Trinajstić information content (AvgIpc) is 2.99. The van der Waals surface area contributed by atoms with E-state index < -0.39 is 0 Å². The van der Waals surface area contributed by atoms with E-state index in [1.807, 2.05) is 6.07 Å². The first-order chi connectivity index (χ1) is 9.24. The van der Waals surface area contributed by atoms with Gasteiger partial charge in [-0.2, -0.15) is 0 Å². The summed E-state index contributed by atoms with van der Waals surface area (Å²) in [6, 6.07) is 12.6. The van der Waals surface area contributed by atoms with E-state index in [9.17, 15) is 0 Å². The monoisotopic (exact) mass is 268 g/mol. The molecule has 0 saturated heterocycles. The Morgan fingerprint density at radius 1 is 1.26 bits per heavy atom. The number of fused-ring (bicyclic) bond motifs is 1. The minimum absolute atomic E-state index is 0.835. The molecule has 0 N–H and O–H groups in total. The molecule has 0 amide bonds. The van der Waals surface area contributed by atoms with Crippen molar-refractivity contribution in [3.63, 3.8) is 0 Å². The Kier molecular flexibility index (Phi) is 3.22. The van der Waals surface area contributed by atoms with Crippen molar-refractivity contribution < 1.29 is 0 Å². The van der Waals surface area contributed by atoms with Gasteiger partial charge in [0.15, 0.2) is 0 Å². The molecule has 0 bridgehead atoms. The summed E-state index contributed by atoms with van der Waals surface area (Å²) in [5, 5.41) is 2.11. The second-order valence-electron chi connectivity index (χ2n) is 4.82. The summed E-state index contributed by atoms with van der Waals surface area (Å²) in [4.78, 5) is 6.11. The third kappa shape index (κ3) is 2.47. The van der Waals surface area contributed by atoms with Crippen LogP contribution in [-0.4, -0.2) is 9.55 Å². The molecule has 3 rings (SSSR count). The SMILES string of the molecule is C=C(C)Cn1c(Cc2cccs2)nc2ccccc21. The molecule has 96 valence electrons. The van der Waals surface area contributed by atoms with Gasteiger partial charge in [0.1, 0.15) is 5.82 Å². The van der Waals surface area contributed by atoms with Crippen LogP contribution in [0.4, 0.5) is 0 Å². The maximum Gasteiger partial charge on any atom is 0.115 e. The lowest BCUT2D eigenvalue weighted by Crippen LogP contribution is -2.04. The molecule has 0 aliphatic carbocycles. The minimum Gasteiger partial charge on any atom is -0.324 e. The van der Waals surface area contributed by atoms with E-state index in [4.69, 9.17) is 4.98 Å². The van der Waals surface area contributed by atoms with Gasteiger partial charge in [-0.3, -0.25) is 0 Å². The molecule has 3 aromatic rings. The van der Waals surface area contributed by atoms with Crippen molar-refractivity contribution in [1.29, 1.82) is 0 Å². The summed E-state index contributed by atoms with van der Waals surface area (Å²) in [6.07, 6.45) is 0.889. The molecule has 0 saturated carbocycles. The van der Waals surface area contributed by atoms with Crippen molar-refractivity contribution >= 4 is 22.4 Å². The zero-order valence-corrected chi connectivity index (χ0v) is 11.8. The fourth-order valence-electron chi connectivity index (χ4n) is 2.28. The van der Waals surface area contributed by atoms with Crippen LogP contribution >= 0.6 is 11.3 Å². The zero-order chi connectivity index (χ0) is 13.2. The molecule has 19 heavy (non-hydrogen) atoms. The smallest absolute Gasteiger partial charge is 0.115 e. The summed E-state index contributed by atoms with van der Waals surface area (Å²) in [5.41, 5.74) is 3.41. The van der Waals surface area contributed by atoms with E-state index >= 15 is 0 Å². The van der Waals surface area contributed by atoms with Crippen LogP contribution in [0.15, 0.2) is 53.9 Å². The van der Waals surface area contributed by atoms with Crippen LogP contribution in [0.1, 0.15) is 17.6 Å². The van der Waals surface area contributed by atoms with E-state index in [1.54, 1.807) is 11.3 Å². The number of allylic oxidation sites excluding steroid dienone is 1. The fourth-order valence-corrected chi connectivity index (χ4v) is 2.98. The topological polar surface area (TPSA) is 17.8 Å². The average molecular weight is 268 g/mol. The Labute approximate surface area is 117 Å². The van der Waals surface area contributed by atoms with Gasteiger partial charge in [0.25, 0.3) is 0 Å². The van der Waals surface area contributed by atoms with Crippen molar-refractivity contribution in [1.82, 2.24) is 9.55 Å². The molecule has 2 nitrogen and oxygen atoms in total. The highest BCUT2D eigenvalue weighted by atomic mass is 32.1. The maximum absolute atomic E-state index is 4.77. The first-order valence-electron chi connectivity index (χ1n) is 6.35. The number of hydrogen-bond donors (Lipinski definition) is 0. The molecule has 2 aromatic heterocycles. The van der Waals surface area contributed by atoms with Gasteiger partial charge in [-0.1, -0.05) is 30.4 Å². The summed E-state index contributed by atoms with van der Waals surface area (Å²) in [7, 11) is 0. The Morgan fingerprint density at radius 2 is 2.11 bits per heavy atom. The number of rotatable bonds is 4. The zero-order valence-electron chi connectivity index (χ0n) is 11.0. The number of nitrogens with zero attached hydrogens (tertiary/aromatic N) is 2. The largest absolute Gasteiger partial charge is 0.324 e. The molecular weight excluding hydrogens is 252 g/mol. The third-order valence-electron chi connectivity index (χ3n) is 3.07. The number of imidazole rings is 1. The van der Waals surface area contributed by atoms with Crippen LogP contribution in [0.2, 0.25) is 0 Å². The second-order valence-corrected chi connectivity index (χ2v) is 5.85. The highest BCUT2D eigenvalue weighted by Crippen LogP contribution is 2.21. The summed E-state index contributed by atoms with van der Waals surface area (Å²) < 4.78 is 2.28. The highest BCUT2D eigenvalue weighted by molar-refractivity contribution is 7.09. The predicted molar refractivity (Wildman–Crippen MR) is 81.7 cm³/mol. The Hall–Kier alpha value is -1.87. The van der Waals surface area contributed by atoms with Gasteiger partial charge >= 0.3 is 0 Å². The van der Waals surface area contributed by atoms with Crippen molar-refractivity contribution in [3.05, 3.63) is 64.6 Å². The molecule has 0 spiro atoms. The van der Waals surface area contributed by atoms with Gasteiger partial charge in [-0.05, 0) is 30.5 Å². The van der Waals surface area contributed by atoms with Crippen LogP contribution in [0.3, 0.4) is 0 Å². The van der Waals surface area contributed by atoms with Gasteiger partial charge in [-0.25, -0.2) is 4.98 Å².